The third-order valence-corrected chi connectivity index (χ3v) is 4.12. The maximum atomic E-state index is 6.03. The van der Waals surface area contributed by atoms with Gasteiger partial charge in [-0.3, -0.25) is 4.98 Å². The standard InChI is InChI=1S/C15H19N3/c1-10(11-3-4-11)18(2)15-6-5-14(16)12-7-8-17-9-13(12)15/h5-11H,3-4,16H2,1-2H3. The predicted octanol–water partition coefficient (Wildman–Crippen LogP) is 3.05. The zero-order chi connectivity index (χ0) is 12.7. The molecule has 1 unspecified atom stereocenters. The average Bonchev–Trinajstić information content (AvgIpc) is 3.22. The molecule has 1 heterocycles. The highest BCUT2D eigenvalue weighted by Crippen LogP contribution is 2.38. The average molecular weight is 241 g/mol. The molecule has 1 aliphatic rings. The fourth-order valence-corrected chi connectivity index (χ4v) is 2.62. The molecule has 0 amide bonds. The lowest BCUT2D eigenvalue weighted by molar-refractivity contribution is 0.610. The van der Waals surface area contributed by atoms with Gasteiger partial charge in [-0.25, -0.2) is 0 Å². The van der Waals surface area contributed by atoms with Crippen LogP contribution < -0.4 is 10.6 Å². The molecule has 0 saturated heterocycles. The molecule has 0 aliphatic heterocycles. The number of nitrogens with two attached hydrogens (primary N) is 1. The van der Waals surface area contributed by atoms with Crippen LogP contribution in [-0.4, -0.2) is 18.1 Å². The molecule has 18 heavy (non-hydrogen) atoms. The van der Waals surface area contributed by atoms with Crippen molar-refractivity contribution in [3.8, 4) is 0 Å². The van der Waals surface area contributed by atoms with E-state index in [-0.39, 0.29) is 0 Å². The second kappa shape index (κ2) is 4.16. The minimum absolute atomic E-state index is 0.581. The summed E-state index contributed by atoms with van der Waals surface area (Å²) in [6.45, 7) is 2.30. The van der Waals surface area contributed by atoms with Gasteiger partial charge in [0.1, 0.15) is 0 Å². The topological polar surface area (TPSA) is 42.1 Å². The predicted molar refractivity (Wildman–Crippen MR) is 76.7 cm³/mol. The molecule has 3 heteroatoms. The van der Waals surface area contributed by atoms with Crippen molar-refractivity contribution in [2.75, 3.05) is 17.7 Å². The largest absolute Gasteiger partial charge is 0.398 e. The van der Waals surface area contributed by atoms with Crippen molar-refractivity contribution >= 4 is 22.1 Å². The van der Waals surface area contributed by atoms with Crippen LogP contribution in [-0.2, 0) is 0 Å². The second-order valence-corrected chi connectivity index (χ2v) is 5.28. The number of fused-ring (bicyclic) bond motifs is 1. The lowest BCUT2D eigenvalue weighted by Gasteiger charge is -2.28. The van der Waals surface area contributed by atoms with Crippen LogP contribution in [0.1, 0.15) is 19.8 Å². The quantitative estimate of drug-likeness (QED) is 0.840. The molecule has 1 atom stereocenters. The summed E-state index contributed by atoms with van der Waals surface area (Å²) in [6.07, 6.45) is 6.43. The Morgan fingerprint density at radius 1 is 1.28 bits per heavy atom. The van der Waals surface area contributed by atoms with Gasteiger partial charge in [0.2, 0.25) is 0 Å². The second-order valence-electron chi connectivity index (χ2n) is 5.28. The van der Waals surface area contributed by atoms with Crippen LogP contribution in [0.4, 0.5) is 11.4 Å². The van der Waals surface area contributed by atoms with Crippen LogP contribution in [0.15, 0.2) is 30.6 Å². The number of aromatic nitrogens is 1. The van der Waals surface area contributed by atoms with E-state index in [1.165, 1.54) is 18.5 Å². The number of nitrogen functional groups attached to an aromatic ring is 1. The van der Waals surface area contributed by atoms with Crippen LogP contribution in [0.2, 0.25) is 0 Å². The summed E-state index contributed by atoms with van der Waals surface area (Å²) in [5, 5.41) is 2.24. The molecule has 3 nitrogen and oxygen atoms in total. The third kappa shape index (κ3) is 1.80. The van der Waals surface area contributed by atoms with E-state index >= 15 is 0 Å². The summed E-state index contributed by atoms with van der Waals surface area (Å²) in [5.74, 6) is 0.847. The SMILES string of the molecule is CC(C1CC1)N(C)c1ccc(N)c2ccncc12. The number of hydrogen-bond donors (Lipinski definition) is 1. The Labute approximate surface area is 108 Å². The summed E-state index contributed by atoms with van der Waals surface area (Å²) in [4.78, 5) is 6.60. The van der Waals surface area contributed by atoms with Gasteiger partial charge < -0.3 is 10.6 Å². The Morgan fingerprint density at radius 3 is 2.78 bits per heavy atom. The first-order valence-corrected chi connectivity index (χ1v) is 6.53. The smallest absolute Gasteiger partial charge is 0.0462 e. The highest BCUT2D eigenvalue weighted by atomic mass is 15.1. The zero-order valence-electron chi connectivity index (χ0n) is 10.9. The maximum absolute atomic E-state index is 6.03. The molecule has 0 bridgehead atoms. The van der Waals surface area contributed by atoms with E-state index in [9.17, 15) is 0 Å². The van der Waals surface area contributed by atoms with Crippen molar-refractivity contribution in [2.24, 2.45) is 5.92 Å². The van der Waals surface area contributed by atoms with Crippen LogP contribution >= 0.6 is 0 Å². The molecule has 2 N–H and O–H groups in total. The highest BCUT2D eigenvalue weighted by molar-refractivity contribution is 6.00. The Hall–Kier alpha value is -1.77. The number of benzene rings is 1. The van der Waals surface area contributed by atoms with Crippen molar-refractivity contribution in [3.63, 3.8) is 0 Å². The Balaban J connectivity index is 2.08. The molecule has 1 aliphatic carbocycles. The van der Waals surface area contributed by atoms with E-state index in [1.54, 1.807) is 6.20 Å². The molecule has 1 saturated carbocycles. The molecule has 1 fully saturated rings. The number of anilines is 2. The molecule has 2 aromatic rings. The van der Waals surface area contributed by atoms with Crippen LogP contribution in [0.3, 0.4) is 0 Å². The summed E-state index contributed by atoms with van der Waals surface area (Å²) >= 11 is 0. The van der Waals surface area contributed by atoms with E-state index < -0.39 is 0 Å². The van der Waals surface area contributed by atoms with Gasteiger partial charge in [0.25, 0.3) is 0 Å². The fourth-order valence-electron chi connectivity index (χ4n) is 2.62. The van der Waals surface area contributed by atoms with E-state index in [0.717, 1.165) is 22.4 Å². The Kier molecular flexibility index (Phi) is 2.62. The monoisotopic (exact) mass is 241 g/mol. The van der Waals surface area contributed by atoms with Crippen molar-refractivity contribution in [1.82, 2.24) is 4.98 Å². The normalized spacial score (nSPS) is 16.8. The van der Waals surface area contributed by atoms with Crippen molar-refractivity contribution in [1.29, 1.82) is 0 Å². The molecule has 94 valence electrons. The van der Waals surface area contributed by atoms with Gasteiger partial charge in [-0.05, 0) is 43.9 Å². The van der Waals surface area contributed by atoms with E-state index in [2.05, 4.69) is 29.9 Å². The van der Waals surface area contributed by atoms with Gasteiger partial charge in [0.15, 0.2) is 0 Å². The van der Waals surface area contributed by atoms with Crippen molar-refractivity contribution < 1.29 is 0 Å². The van der Waals surface area contributed by atoms with Crippen molar-refractivity contribution in [3.05, 3.63) is 30.6 Å². The molecule has 1 aromatic heterocycles. The highest BCUT2D eigenvalue weighted by Gasteiger charge is 2.31. The minimum atomic E-state index is 0.581. The summed E-state index contributed by atoms with van der Waals surface area (Å²) < 4.78 is 0. The molecular weight excluding hydrogens is 222 g/mol. The minimum Gasteiger partial charge on any atom is -0.398 e. The molecule has 1 aromatic carbocycles. The lowest BCUT2D eigenvalue weighted by atomic mass is 10.1. The first-order chi connectivity index (χ1) is 8.68. The molecule has 0 radical (unpaired) electrons. The lowest BCUT2D eigenvalue weighted by Crippen LogP contribution is -2.30. The Morgan fingerprint density at radius 2 is 2.06 bits per heavy atom. The fraction of sp³-hybridized carbons (Fsp3) is 0.400. The maximum Gasteiger partial charge on any atom is 0.0462 e. The first kappa shape index (κ1) is 11.3. The summed E-state index contributed by atoms with van der Waals surface area (Å²) in [5.41, 5.74) is 8.08. The molecule has 0 spiro atoms. The van der Waals surface area contributed by atoms with Crippen LogP contribution in [0, 0.1) is 5.92 Å². The van der Waals surface area contributed by atoms with Crippen LogP contribution in [0.25, 0.3) is 10.8 Å². The van der Waals surface area contributed by atoms with E-state index in [0.29, 0.717) is 6.04 Å². The number of rotatable bonds is 3. The molecular formula is C15H19N3. The third-order valence-electron chi connectivity index (χ3n) is 4.12. The zero-order valence-corrected chi connectivity index (χ0v) is 10.9. The molecule has 3 rings (SSSR count). The Bertz CT molecular complexity index is 575. The summed E-state index contributed by atoms with van der Waals surface area (Å²) in [7, 11) is 2.17. The number of pyridine rings is 1. The van der Waals surface area contributed by atoms with Gasteiger partial charge in [-0.1, -0.05) is 0 Å². The van der Waals surface area contributed by atoms with Gasteiger partial charge in [0.05, 0.1) is 0 Å². The van der Waals surface area contributed by atoms with Crippen LogP contribution in [0.5, 0.6) is 0 Å². The van der Waals surface area contributed by atoms with Gasteiger partial charge in [0, 0.05) is 47.6 Å². The van der Waals surface area contributed by atoms with Gasteiger partial charge >= 0.3 is 0 Å². The van der Waals surface area contributed by atoms with Gasteiger partial charge in [-0.15, -0.1) is 0 Å². The van der Waals surface area contributed by atoms with Gasteiger partial charge in [-0.2, -0.15) is 0 Å². The summed E-state index contributed by atoms with van der Waals surface area (Å²) in [6, 6.07) is 6.67. The van der Waals surface area contributed by atoms with Crippen molar-refractivity contribution in [2.45, 2.75) is 25.8 Å². The van der Waals surface area contributed by atoms with E-state index in [1.807, 2.05) is 18.3 Å². The first-order valence-electron chi connectivity index (χ1n) is 6.53. The number of hydrogen-bond acceptors (Lipinski definition) is 3. The number of nitrogens with zero attached hydrogens (tertiary/aromatic N) is 2. The van der Waals surface area contributed by atoms with E-state index in [4.69, 9.17) is 5.73 Å².